The minimum Gasteiger partial charge on any atom is -0.388 e. The van der Waals surface area contributed by atoms with E-state index in [1.807, 2.05) is 24.4 Å². The van der Waals surface area contributed by atoms with E-state index in [0.717, 1.165) is 42.4 Å². The van der Waals surface area contributed by atoms with Crippen molar-refractivity contribution in [3.63, 3.8) is 0 Å². The van der Waals surface area contributed by atoms with Gasteiger partial charge in [-0.05, 0) is 25.9 Å². The molecule has 0 amide bonds. The summed E-state index contributed by atoms with van der Waals surface area (Å²) in [5.41, 5.74) is 0.940. The first-order valence-electron chi connectivity index (χ1n) is 7.54. The summed E-state index contributed by atoms with van der Waals surface area (Å²) in [6, 6.07) is 8.51. The smallest absolute Gasteiger partial charge is 0.0826 e. The number of hydrogen-bond acceptors (Lipinski definition) is 4. The van der Waals surface area contributed by atoms with Gasteiger partial charge < -0.3 is 14.9 Å². The molecule has 0 saturated carbocycles. The second-order valence-electron chi connectivity index (χ2n) is 6.10. The quantitative estimate of drug-likeness (QED) is 0.935. The van der Waals surface area contributed by atoms with Gasteiger partial charge in [-0.1, -0.05) is 24.3 Å². The van der Waals surface area contributed by atoms with E-state index in [-0.39, 0.29) is 0 Å². The summed E-state index contributed by atoms with van der Waals surface area (Å²) < 4.78 is 0. The topological polar surface area (TPSA) is 39.6 Å². The van der Waals surface area contributed by atoms with Gasteiger partial charge in [-0.2, -0.15) is 0 Å². The maximum absolute atomic E-state index is 10.7. The molecule has 2 heterocycles. The van der Waals surface area contributed by atoms with E-state index in [2.05, 4.69) is 34.9 Å². The predicted molar refractivity (Wildman–Crippen MR) is 85.2 cm³/mol. The molecule has 1 aromatic carbocycles. The highest BCUT2D eigenvalue weighted by Gasteiger charge is 2.25. The third-order valence-electron chi connectivity index (χ3n) is 4.53. The van der Waals surface area contributed by atoms with Crippen LogP contribution in [0.2, 0.25) is 0 Å². The van der Waals surface area contributed by atoms with E-state index in [4.69, 9.17) is 0 Å². The van der Waals surface area contributed by atoms with Crippen molar-refractivity contribution in [3.05, 3.63) is 42.2 Å². The molecule has 0 radical (unpaired) electrons. The number of aliphatic hydroxyl groups is 1. The number of rotatable bonds is 3. The first-order chi connectivity index (χ1) is 10.1. The average molecular weight is 285 g/mol. The zero-order chi connectivity index (χ0) is 14.8. The zero-order valence-corrected chi connectivity index (χ0v) is 12.7. The lowest BCUT2D eigenvalue weighted by molar-refractivity contribution is 0.0639. The Balaban J connectivity index is 1.82. The molecule has 0 spiro atoms. The van der Waals surface area contributed by atoms with Gasteiger partial charge in [-0.25, -0.2) is 0 Å². The average Bonchev–Trinajstić information content (AvgIpc) is 2.50. The van der Waals surface area contributed by atoms with E-state index in [9.17, 15) is 5.11 Å². The van der Waals surface area contributed by atoms with Gasteiger partial charge in [-0.15, -0.1) is 0 Å². The van der Waals surface area contributed by atoms with Gasteiger partial charge in [0.1, 0.15) is 0 Å². The lowest BCUT2D eigenvalue weighted by atomic mass is 9.97. The number of likely N-dealkylation sites (N-methyl/N-ethyl adjacent to an activating group) is 2. The van der Waals surface area contributed by atoms with Crippen LogP contribution in [-0.4, -0.2) is 59.7 Å². The lowest BCUT2D eigenvalue weighted by Gasteiger charge is -2.38. The van der Waals surface area contributed by atoms with Crippen molar-refractivity contribution < 1.29 is 5.11 Å². The number of benzene rings is 1. The highest BCUT2D eigenvalue weighted by Crippen LogP contribution is 2.27. The minimum atomic E-state index is -0.470. The van der Waals surface area contributed by atoms with Crippen LogP contribution in [0, 0.1) is 0 Å². The van der Waals surface area contributed by atoms with E-state index in [1.54, 1.807) is 6.20 Å². The van der Waals surface area contributed by atoms with Gasteiger partial charge in [0.2, 0.25) is 0 Å². The summed E-state index contributed by atoms with van der Waals surface area (Å²) in [6.07, 6.45) is 3.94. The molecule has 0 aliphatic carbocycles. The fourth-order valence-corrected chi connectivity index (χ4v) is 3.15. The Morgan fingerprint density at radius 3 is 2.90 bits per heavy atom. The number of aromatic nitrogens is 1. The van der Waals surface area contributed by atoms with Crippen molar-refractivity contribution >= 4 is 10.8 Å². The van der Waals surface area contributed by atoms with Gasteiger partial charge in [-0.3, -0.25) is 4.98 Å². The molecule has 3 rings (SSSR count). The number of aliphatic hydroxyl groups excluding tert-OH is 1. The van der Waals surface area contributed by atoms with E-state index in [0.29, 0.717) is 6.04 Å². The molecule has 0 bridgehead atoms. The Bertz CT molecular complexity index is 611. The molecule has 1 aliphatic rings. The van der Waals surface area contributed by atoms with E-state index < -0.39 is 6.10 Å². The number of piperazine rings is 1. The largest absolute Gasteiger partial charge is 0.388 e. The van der Waals surface area contributed by atoms with Crippen LogP contribution in [-0.2, 0) is 0 Å². The molecule has 1 aromatic heterocycles. The van der Waals surface area contributed by atoms with Gasteiger partial charge in [0, 0.05) is 49.0 Å². The Kier molecular flexibility index (Phi) is 4.19. The Hall–Kier alpha value is -1.49. The number of pyridine rings is 1. The van der Waals surface area contributed by atoms with Crippen LogP contribution in [0.3, 0.4) is 0 Å². The lowest BCUT2D eigenvalue weighted by Crippen LogP contribution is -2.50. The monoisotopic (exact) mass is 285 g/mol. The summed E-state index contributed by atoms with van der Waals surface area (Å²) in [4.78, 5) is 8.96. The first-order valence-corrected chi connectivity index (χ1v) is 7.54. The molecule has 4 nitrogen and oxygen atoms in total. The summed E-state index contributed by atoms with van der Waals surface area (Å²) >= 11 is 0. The molecule has 2 atom stereocenters. The van der Waals surface area contributed by atoms with Gasteiger partial charge >= 0.3 is 0 Å². The van der Waals surface area contributed by atoms with Crippen LogP contribution in [0.1, 0.15) is 18.1 Å². The predicted octanol–water partition coefficient (Wildman–Crippen LogP) is 1.90. The highest BCUT2D eigenvalue weighted by molar-refractivity contribution is 5.84. The van der Waals surface area contributed by atoms with Crippen LogP contribution < -0.4 is 0 Å². The maximum atomic E-state index is 10.7. The summed E-state index contributed by atoms with van der Waals surface area (Å²) in [7, 11) is 4.29. The molecule has 1 aliphatic heterocycles. The third-order valence-corrected chi connectivity index (χ3v) is 4.53. The summed E-state index contributed by atoms with van der Waals surface area (Å²) in [5.74, 6) is 0. The fraction of sp³-hybridized carbons (Fsp3) is 0.471. The molecular formula is C17H23N3O. The number of fused-ring (bicyclic) bond motifs is 1. The van der Waals surface area contributed by atoms with Crippen molar-refractivity contribution in [1.82, 2.24) is 14.8 Å². The van der Waals surface area contributed by atoms with Gasteiger partial charge in [0.15, 0.2) is 0 Å². The number of hydrogen-bond donors (Lipinski definition) is 1. The van der Waals surface area contributed by atoms with Crippen LogP contribution in [0.4, 0.5) is 0 Å². The van der Waals surface area contributed by atoms with Crippen molar-refractivity contribution in [3.8, 4) is 0 Å². The van der Waals surface area contributed by atoms with Crippen molar-refractivity contribution in [2.24, 2.45) is 0 Å². The molecular weight excluding hydrogens is 262 g/mol. The van der Waals surface area contributed by atoms with E-state index in [1.165, 1.54) is 0 Å². The highest BCUT2D eigenvalue weighted by atomic mass is 16.3. The standard InChI is InChI=1S/C17H23N3O/c1-19-7-8-20(2)14(12-19)9-17(21)16-11-18-10-13-5-3-4-6-15(13)16/h3-6,10-11,14,17,21H,7-9,12H2,1-2H3. The Labute approximate surface area is 126 Å². The Morgan fingerprint density at radius 2 is 2.05 bits per heavy atom. The summed E-state index contributed by atoms with van der Waals surface area (Å²) in [5, 5.41) is 12.9. The van der Waals surface area contributed by atoms with Crippen LogP contribution >= 0.6 is 0 Å². The van der Waals surface area contributed by atoms with Crippen molar-refractivity contribution in [2.45, 2.75) is 18.6 Å². The van der Waals surface area contributed by atoms with Crippen LogP contribution in [0.15, 0.2) is 36.7 Å². The fourth-order valence-electron chi connectivity index (χ4n) is 3.15. The molecule has 2 unspecified atom stereocenters. The molecule has 21 heavy (non-hydrogen) atoms. The molecule has 1 fully saturated rings. The molecule has 2 aromatic rings. The van der Waals surface area contributed by atoms with Crippen LogP contribution in [0.25, 0.3) is 10.8 Å². The van der Waals surface area contributed by atoms with E-state index >= 15 is 0 Å². The maximum Gasteiger partial charge on any atom is 0.0826 e. The second-order valence-corrected chi connectivity index (χ2v) is 6.10. The van der Waals surface area contributed by atoms with Crippen LogP contribution in [0.5, 0.6) is 0 Å². The third kappa shape index (κ3) is 3.07. The molecule has 1 N–H and O–H groups in total. The Morgan fingerprint density at radius 1 is 1.24 bits per heavy atom. The van der Waals surface area contributed by atoms with Gasteiger partial charge in [0.05, 0.1) is 6.10 Å². The summed E-state index contributed by atoms with van der Waals surface area (Å²) in [6.45, 7) is 3.16. The second kappa shape index (κ2) is 6.10. The van der Waals surface area contributed by atoms with Crippen molar-refractivity contribution in [1.29, 1.82) is 0 Å². The number of nitrogens with zero attached hydrogens (tertiary/aromatic N) is 3. The molecule has 4 heteroatoms. The van der Waals surface area contributed by atoms with Gasteiger partial charge in [0.25, 0.3) is 0 Å². The normalized spacial score (nSPS) is 22.5. The first kappa shape index (κ1) is 14.4. The zero-order valence-electron chi connectivity index (χ0n) is 12.7. The van der Waals surface area contributed by atoms with Crippen molar-refractivity contribution in [2.75, 3.05) is 33.7 Å². The SMILES string of the molecule is CN1CCN(C)C(CC(O)c2cncc3ccccc23)C1. The minimum absolute atomic E-state index is 0.387. The molecule has 112 valence electrons. The molecule has 1 saturated heterocycles.